The van der Waals surface area contributed by atoms with Gasteiger partial charge in [0.15, 0.2) is 17.3 Å². The van der Waals surface area contributed by atoms with E-state index in [-0.39, 0.29) is 5.78 Å². The molecule has 3 aromatic rings. The third-order valence-corrected chi connectivity index (χ3v) is 4.00. The lowest BCUT2D eigenvalue weighted by Crippen LogP contribution is -2.01. The van der Waals surface area contributed by atoms with E-state index >= 15 is 0 Å². The predicted octanol–water partition coefficient (Wildman–Crippen LogP) is 3.94. The number of hydrogen-bond donors (Lipinski definition) is 1. The number of ketones is 1. The van der Waals surface area contributed by atoms with Crippen LogP contribution in [0.15, 0.2) is 54.9 Å². The summed E-state index contributed by atoms with van der Waals surface area (Å²) in [5.41, 5.74) is 2.79. The average molecular weight is 337 g/mol. The number of aromatic nitrogens is 1. The van der Waals surface area contributed by atoms with Crippen molar-refractivity contribution in [3.05, 3.63) is 66.0 Å². The van der Waals surface area contributed by atoms with Crippen molar-refractivity contribution in [2.45, 2.75) is 0 Å². The van der Waals surface area contributed by atoms with Crippen molar-refractivity contribution < 1.29 is 19.0 Å². The van der Waals surface area contributed by atoms with Gasteiger partial charge in [-0.15, -0.1) is 0 Å². The van der Waals surface area contributed by atoms with E-state index in [9.17, 15) is 4.79 Å². The molecule has 0 aliphatic heterocycles. The standard InChI is InChI=1S/C20H19NO4/c1-23-17-9-14(10-18(24-2)20(17)25-3)15-11-21-12-16(15)19(22)13-7-5-4-6-8-13/h4-12,21H,1-3H3. The van der Waals surface area contributed by atoms with Gasteiger partial charge in [0.25, 0.3) is 0 Å². The van der Waals surface area contributed by atoms with E-state index in [0.717, 1.165) is 11.1 Å². The molecule has 25 heavy (non-hydrogen) atoms. The number of ether oxygens (including phenoxy) is 3. The molecule has 0 amide bonds. The highest BCUT2D eigenvalue weighted by molar-refractivity contribution is 6.12. The van der Waals surface area contributed by atoms with E-state index in [1.54, 1.807) is 45.9 Å². The van der Waals surface area contributed by atoms with Crippen LogP contribution in [-0.4, -0.2) is 32.1 Å². The van der Waals surface area contributed by atoms with Crippen LogP contribution in [0.5, 0.6) is 17.2 Å². The Morgan fingerprint density at radius 3 is 2.08 bits per heavy atom. The quantitative estimate of drug-likeness (QED) is 0.692. The van der Waals surface area contributed by atoms with Crippen LogP contribution in [0.2, 0.25) is 0 Å². The molecule has 1 N–H and O–H groups in total. The number of rotatable bonds is 6. The summed E-state index contributed by atoms with van der Waals surface area (Å²) < 4.78 is 16.2. The molecule has 0 aliphatic rings. The lowest BCUT2D eigenvalue weighted by molar-refractivity contribution is 0.103. The maximum absolute atomic E-state index is 12.8. The van der Waals surface area contributed by atoms with Crippen molar-refractivity contribution in [1.82, 2.24) is 4.98 Å². The summed E-state index contributed by atoms with van der Waals surface area (Å²) in [6, 6.07) is 12.8. The molecule has 0 radical (unpaired) electrons. The van der Waals surface area contributed by atoms with Gasteiger partial charge < -0.3 is 19.2 Å². The SMILES string of the molecule is COc1cc(-c2c[nH]cc2C(=O)c2ccccc2)cc(OC)c1OC. The minimum absolute atomic E-state index is 0.0504. The summed E-state index contributed by atoms with van der Waals surface area (Å²) in [7, 11) is 4.68. The van der Waals surface area contributed by atoms with Crippen molar-refractivity contribution in [2.75, 3.05) is 21.3 Å². The molecule has 3 rings (SSSR count). The van der Waals surface area contributed by atoms with Gasteiger partial charge in [-0.3, -0.25) is 4.79 Å². The summed E-state index contributed by atoms with van der Waals surface area (Å²) in [5.74, 6) is 1.54. The molecule has 0 bridgehead atoms. The molecular weight excluding hydrogens is 318 g/mol. The van der Waals surface area contributed by atoms with Gasteiger partial charge in [0, 0.05) is 29.1 Å². The molecule has 0 spiro atoms. The number of H-pyrrole nitrogens is 1. The summed E-state index contributed by atoms with van der Waals surface area (Å²) in [4.78, 5) is 15.8. The van der Waals surface area contributed by atoms with Crippen molar-refractivity contribution >= 4 is 5.78 Å². The zero-order chi connectivity index (χ0) is 17.8. The van der Waals surface area contributed by atoms with E-state index < -0.39 is 0 Å². The molecule has 0 aliphatic carbocycles. The molecule has 2 aromatic carbocycles. The normalized spacial score (nSPS) is 10.4. The van der Waals surface area contributed by atoms with Crippen LogP contribution >= 0.6 is 0 Å². The zero-order valence-corrected chi connectivity index (χ0v) is 14.3. The van der Waals surface area contributed by atoms with E-state index in [2.05, 4.69) is 4.98 Å². The summed E-state index contributed by atoms with van der Waals surface area (Å²) in [5, 5.41) is 0. The Balaban J connectivity index is 2.10. The first-order chi connectivity index (χ1) is 12.2. The lowest BCUT2D eigenvalue weighted by Gasteiger charge is -2.14. The fourth-order valence-corrected chi connectivity index (χ4v) is 2.77. The largest absolute Gasteiger partial charge is 0.493 e. The van der Waals surface area contributed by atoms with Crippen molar-refractivity contribution in [3.63, 3.8) is 0 Å². The van der Waals surface area contributed by atoms with Crippen LogP contribution in [0, 0.1) is 0 Å². The predicted molar refractivity (Wildman–Crippen MR) is 95.8 cm³/mol. The molecule has 1 heterocycles. The highest BCUT2D eigenvalue weighted by Gasteiger charge is 2.19. The van der Waals surface area contributed by atoms with Gasteiger partial charge >= 0.3 is 0 Å². The molecule has 5 nitrogen and oxygen atoms in total. The number of benzene rings is 2. The highest BCUT2D eigenvalue weighted by Crippen LogP contribution is 2.42. The summed E-state index contributed by atoms with van der Waals surface area (Å²) >= 11 is 0. The van der Waals surface area contributed by atoms with Gasteiger partial charge in [0.05, 0.1) is 21.3 Å². The molecule has 1 aromatic heterocycles. The van der Waals surface area contributed by atoms with Crippen LogP contribution in [0.1, 0.15) is 15.9 Å². The van der Waals surface area contributed by atoms with Crippen LogP contribution in [-0.2, 0) is 0 Å². The first-order valence-corrected chi connectivity index (χ1v) is 7.76. The van der Waals surface area contributed by atoms with Crippen LogP contribution < -0.4 is 14.2 Å². The second kappa shape index (κ2) is 7.13. The number of nitrogens with one attached hydrogen (secondary N) is 1. The molecule has 5 heteroatoms. The Labute approximate surface area is 146 Å². The first-order valence-electron chi connectivity index (χ1n) is 7.76. The maximum Gasteiger partial charge on any atom is 0.203 e. The summed E-state index contributed by atoms with van der Waals surface area (Å²) in [6.07, 6.45) is 3.49. The second-order valence-corrected chi connectivity index (χ2v) is 5.39. The second-order valence-electron chi connectivity index (χ2n) is 5.39. The van der Waals surface area contributed by atoms with E-state index in [1.165, 1.54) is 0 Å². The Morgan fingerprint density at radius 2 is 1.52 bits per heavy atom. The van der Waals surface area contributed by atoms with Crippen molar-refractivity contribution in [1.29, 1.82) is 0 Å². The van der Waals surface area contributed by atoms with Crippen LogP contribution in [0.25, 0.3) is 11.1 Å². The number of methoxy groups -OCH3 is 3. The Morgan fingerprint density at radius 1 is 0.880 bits per heavy atom. The third-order valence-electron chi connectivity index (χ3n) is 4.00. The minimum Gasteiger partial charge on any atom is -0.493 e. The number of aromatic amines is 1. The van der Waals surface area contributed by atoms with Gasteiger partial charge in [0.2, 0.25) is 5.75 Å². The van der Waals surface area contributed by atoms with Gasteiger partial charge in [0.1, 0.15) is 0 Å². The number of carbonyl (C=O) groups is 1. The fraction of sp³-hybridized carbons (Fsp3) is 0.150. The zero-order valence-electron chi connectivity index (χ0n) is 14.3. The van der Waals surface area contributed by atoms with E-state index in [0.29, 0.717) is 28.4 Å². The first kappa shape index (κ1) is 16.6. The summed E-state index contributed by atoms with van der Waals surface area (Å²) in [6.45, 7) is 0. The lowest BCUT2D eigenvalue weighted by atomic mass is 9.97. The van der Waals surface area contributed by atoms with E-state index in [1.807, 2.05) is 30.3 Å². The van der Waals surface area contributed by atoms with Gasteiger partial charge in [-0.2, -0.15) is 0 Å². The number of hydrogen-bond acceptors (Lipinski definition) is 4. The fourth-order valence-electron chi connectivity index (χ4n) is 2.77. The molecule has 0 fully saturated rings. The maximum atomic E-state index is 12.8. The van der Waals surface area contributed by atoms with Crippen LogP contribution in [0.4, 0.5) is 0 Å². The third kappa shape index (κ3) is 3.08. The Bertz CT molecular complexity index is 859. The molecule has 0 unspecified atom stereocenters. The van der Waals surface area contributed by atoms with Gasteiger partial charge in [-0.05, 0) is 17.7 Å². The van der Waals surface area contributed by atoms with Crippen molar-refractivity contribution in [2.24, 2.45) is 0 Å². The van der Waals surface area contributed by atoms with Crippen LogP contribution in [0.3, 0.4) is 0 Å². The van der Waals surface area contributed by atoms with Gasteiger partial charge in [-0.1, -0.05) is 30.3 Å². The topological polar surface area (TPSA) is 60.6 Å². The van der Waals surface area contributed by atoms with Crippen molar-refractivity contribution in [3.8, 4) is 28.4 Å². The number of carbonyl (C=O) groups excluding carboxylic acids is 1. The molecule has 0 saturated heterocycles. The Kier molecular flexibility index (Phi) is 4.75. The molecule has 128 valence electrons. The highest BCUT2D eigenvalue weighted by atomic mass is 16.5. The molecular formula is C20H19NO4. The monoisotopic (exact) mass is 337 g/mol. The molecule has 0 saturated carbocycles. The Hall–Kier alpha value is -3.21. The smallest absolute Gasteiger partial charge is 0.203 e. The average Bonchev–Trinajstić information content (AvgIpc) is 3.16. The molecule has 0 atom stereocenters. The minimum atomic E-state index is -0.0504. The van der Waals surface area contributed by atoms with Gasteiger partial charge in [-0.25, -0.2) is 0 Å². The van der Waals surface area contributed by atoms with E-state index in [4.69, 9.17) is 14.2 Å².